The van der Waals surface area contributed by atoms with Gasteiger partial charge < -0.3 is 34.5 Å². The standard InChI is InChI=1S/C41H68N2O8/c1-24-21-28(35(38(5,6)47)49-25(2)44)50-33-32(24)39(7)15-10-16-41-17-14-30(37(3,4)29(41)13-12-26(22-41)40(39,8)34(33)45)51-31-23-43(19-20-48-31)27-11-9-18-42-36(27)46/h24,26-35,45,47H,9-23H2,1-8H3,(H,42,46). The molecule has 14 atom stereocenters. The Kier molecular flexibility index (Phi) is 10.0. The number of hydrogen-bond acceptors (Lipinski definition) is 9. The molecule has 0 aromatic heterocycles. The van der Waals surface area contributed by atoms with Crippen molar-refractivity contribution in [3.8, 4) is 0 Å². The molecule has 4 aliphatic carbocycles. The van der Waals surface area contributed by atoms with Crippen molar-refractivity contribution >= 4 is 11.9 Å². The molecule has 10 heteroatoms. The molecule has 0 radical (unpaired) electrons. The highest BCUT2D eigenvalue weighted by atomic mass is 16.7. The Morgan fingerprint density at radius 1 is 1.08 bits per heavy atom. The van der Waals surface area contributed by atoms with Gasteiger partial charge in [-0.3, -0.25) is 14.5 Å². The zero-order valence-electron chi connectivity index (χ0n) is 32.7. The van der Waals surface area contributed by atoms with Crippen molar-refractivity contribution in [2.45, 2.75) is 174 Å². The first kappa shape index (κ1) is 38.0. The average Bonchev–Trinajstić information content (AvgIpc) is 3.23. The molecular formula is C41H68N2O8. The lowest BCUT2D eigenvalue weighted by Gasteiger charge is -2.64. The van der Waals surface area contributed by atoms with Crippen molar-refractivity contribution < 1.29 is 38.7 Å². The van der Waals surface area contributed by atoms with Gasteiger partial charge in [-0.2, -0.15) is 0 Å². The number of rotatable bonds is 6. The van der Waals surface area contributed by atoms with E-state index in [1.807, 2.05) is 0 Å². The second-order valence-corrected chi connectivity index (χ2v) is 19.7. The molecule has 14 unspecified atom stereocenters. The van der Waals surface area contributed by atoms with Crippen LogP contribution in [0.5, 0.6) is 0 Å². The van der Waals surface area contributed by atoms with Gasteiger partial charge in [0.15, 0.2) is 12.4 Å². The normalized spacial score (nSPS) is 47.8. The Morgan fingerprint density at radius 3 is 2.55 bits per heavy atom. The second kappa shape index (κ2) is 13.5. The van der Waals surface area contributed by atoms with Crippen LogP contribution in [0.2, 0.25) is 0 Å². The van der Waals surface area contributed by atoms with E-state index in [9.17, 15) is 19.8 Å². The van der Waals surface area contributed by atoms with Crippen molar-refractivity contribution in [2.75, 3.05) is 26.2 Å². The third kappa shape index (κ3) is 6.22. The van der Waals surface area contributed by atoms with E-state index in [1.54, 1.807) is 13.8 Å². The minimum Gasteiger partial charge on any atom is -0.457 e. The highest BCUT2D eigenvalue weighted by molar-refractivity contribution is 5.82. The average molecular weight is 717 g/mol. The number of ether oxygens (including phenoxy) is 4. The Balaban J connectivity index is 1.09. The zero-order chi connectivity index (χ0) is 36.7. The molecule has 7 rings (SSSR count). The van der Waals surface area contributed by atoms with Crippen LogP contribution in [-0.2, 0) is 28.5 Å². The van der Waals surface area contributed by atoms with Crippen LogP contribution in [0.15, 0.2) is 0 Å². The number of esters is 1. The first-order valence-corrected chi connectivity index (χ1v) is 20.4. The molecule has 4 saturated carbocycles. The number of aliphatic hydroxyl groups excluding tert-OH is 1. The van der Waals surface area contributed by atoms with Crippen LogP contribution in [0.25, 0.3) is 0 Å². The van der Waals surface area contributed by atoms with E-state index in [4.69, 9.17) is 18.9 Å². The monoisotopic (exact) mass is 716 g/mol. The van der Waals surface area contributed by atoms with Crippen LogP contribution in [0.3, 0.4) is 0 Å². The highest BCUT2D eigenvalue weighted by Crippen LogP contribution is 2.73. The van der Waals surface area contributed by atoms with E-state index in [1.165, 1.54) is 13.3 Å². The summed E-state index contributed by atoms with van der Waals surface area (Å²) < 4.78 is 25.7. The van der Waals surface area contributed by atoms with Crippen molar-refractivity contribution in [1.82, 2.24) is 10.2 Å². The van der Waals surface area contributed by atoms with Gasteiger partial charge in [0.05, 0.1) is 49.2 Å². The molecule has 0 aromatic rings. The van der Waals surface area contributed by atoms with Crippen molar-refractivity contribution in [1.29, 1.82) is 0 Å². The maximum absolute atomic E-state index is 12.7. The maximum atomic E-state index is 12.7. The number of amides is 1. The molecule has 1 spiro atoms. The lowest BCUT2D eigenvalue weighted by molar-refractivity contribution is -0.256. The van der Waals surface area contributed by atoms with Crippen molar-refractivity contribution in [3.05, 3.63) is 0 Å². The topological polar surface area (TPSA) is 127 Å². The molecule has 1 amide bonds. The van der Waals surface area contributed by atoms with Gasteiger partial charge in [0, 0.05) is 25.4 Å². The number of piperidine rings is 1. The number of carbonyl (C=O) groups excluding carboxylic acids is 2. The van der Waals surface area contributed by atoms with Gasteiger partial charge in [0.1, 0.15) is 0 Å². The molecular weight excluding hydrogens is 648 g/mol. The number of aliphatic hydroxyl groups is 2. The van der Waals surface area contributed by atoms with Crippen LogP contribution in [0.4, 0.5) is 0 Å². The van der Waals surface area contributed by atoms with E-state index in [2.05, 4.69) is 44.8 Å². The summed E-state index contributed by atoms with van der Waals surface area (Å²) in [5.41, 5.74) is -1.51. The summed E-state index contributed by atoms with van der Waals surface area (Å²) in [6, 6.07) is -0.0838. The van der Waals surface area contributed by atoms with E-state index >= 15 is 0 Å². The summed E-state index contributed by atoms with van der Waals surface area (Å²) in [5, 5.41) is 26.7. The van der Waals surface area contributed by atoms with Gasteiger partial charge >= 0.3 is 5.97 Å². The third-order valence-corrected chi connectivity index (χ3v) is 16.2. The molecule has 51 heavy (non-hydrogen) atoms. The quantitative estimate of drug-likeness (QED) is 0.318. The molecule has 3 saturated heterocycles. The van der Waals surface area contributed by atoms with Crippen molar-refractivity contribution in [2.24, 2.45) is 45.3 Å². The Morgan fingerprint density at radius 2 is 1.84 bits per heavy atom. The summed E-state index contributed by atoms with van der Waals surface area (Å²) in [5.74, 6) is 1.04. The largest absolute Gasteiger partial charge is 0.457 e. The Hall–Kier alpha value is -1.30. The fourth-order valence-electron chi connectivity index (χ4n) is 13.8. The fourth-order valence-corrected chi connectivity index (χ4v) is 13.8. The van der Waals surface area contributed by atoms with Gasteiger partial charge in [-0.15, -0.1) is 0 Å². The molecule has 7 fully saturated rings. The summed E-state index contributed by atoms with van der Waals surface area (Å²) >= 11 is 0. The van der Waals surface area contributed by atoms with E-state index in [0.29, 0.717) is 31.4 Å². The van der Waals surface area contributed by atoms with Gasteiger partial charge in [-0.1, -0.05) is 41.0 Å². The number of morpholine rings is 1. The number of fused-ring (bicyclic) bond motifs is 5. The number of hydrogen-bond donors (Lipinski definition) is 3. The van der Waals surface area contributed by atoms with Gasteiger partial charge in [-0.05, 0) is 118 Å². The first-order chi connectivity index (χ1) is 23.9. The molecule has 2 bridgehead atoms. The zero-order valence-corrected chi connectivity index (χ0v) is 32.7. The van der Waals surface area contributed by atoms with Gasteiger partial charge in [0.2, 0.25) is 5.91 Å². The molecule has 0 aromatic carbocycles. The predicted octanol–water partition coefficient (Wildman–Crippen LogP) is 5.21. The molecule has 3 N–H and O–H groups in total. The molecule has 7 aliphatic rings. The van der Waals surface area contributed by atoms with E-state index in [0.717, 1.165) is 70.9 Å². The Bertz CT molecular complexity index is 1320. The summed E-state index contributed by atoms with van der Waals surface area (Å²) in [7, 11) is 0. The molecule has 10 nitrogen and oxygen atoms in total. The molecule has 3 aliphatic heterocycles. The smallest absolute Gasteiger partial charge is 0.303 e. The predicted molar refractivity (Wildman–Crippen MR) is 192 cm³/mol. The first-order valence-electron chi connectivity index (χ1n) is 20.4. The van der Waals surface area contributed by atoms with Crippen LogP contribution in [0, 0.1) is 45.3 Å². The minimum atomic E-state index is -1.27. The maximum Gasteiger partial charge on any atom is 0.303 e. The SMILES string of the molecule is CC(=O)OC(C1CC(C)C2C(O1)C(O)C1(C)C3CCC4C(CCCC21C)(CCC(OC1CN(C2CCCNC2=O)CCO1)C4(C)C)C3)C(C)(C)O. The lowest BCUT2D eigenvalue weighted by Crippen LogP contribution is -2.60. The van der Waals surface area contributed by atoms with Gasteiger partial charge in [-0.25, -0.2) is 0 Å². The van der Waals surface area contributed by atoms with Crippen molar-refractivity contribution in [3.63, 3.8) is 0 Å². The second-order valence-electron chi connectivity index (χ2n) is 19.7. The Labute approximate surface area is 306 Å². The van der Waals surface area contributed by atoms with Crippen LogP contribution >= 0.6 is 0 Å². The number of nitrogens with one attached hydrogen (secondary N) is 1. The van der Waals surface area contributed by atoms with Crippen LogP contribution in [0.1, 0.15) is 126 Å². The third-order valence-electron chi connectivity index (χ3n) is 16.2. The number of nitrogens with zero attached hydrogens (tertiary/aromatic N) is 1. The molecule has 3 heterocycles. The summed E-state index contributed by atoms with van der Waals surface area (Å²) in [4.78, 5) is 27.0. The fraction of sp³-hybridized carbons (Fsp3) is 0.951. The molecule has 290 valence electrons. The number of carbonyl (C=O) groups is 2. The highest BCUT2D eigenvalue weighted by Gasteiger charge is 2.72. The van der Waals surface area contributed by atoms with E-state index in [-0.39, 0.29) is 63.9 Å². The minimum absolute atomic E-state index is 0.0313. The summed E-state index contributed by atoms with van der Waals surface area (Å²) in [6.07, 6.45) is 8.94. The lowest BCUT2D eigenvalue weighted by atomic mass is 9.41. The summed E-state index contributed by atoms with van der Waals surface area (Å²) in [6.45, 7) is 19.5. The van der Waals surface area contributed by atoms with Gasteiger partial charge in [0.25, 0.3) is 0 Å². The van der Waals surface area contributed by atoms with E-state index < -0.39 is 29.9 Å². The van der Waals surface area contributed by atoms with Crippen LogP contribution in [-0.4, -0.2) is 102 Å². The van der Waals surface area contributed by atoms with Crippen LogP contribution < -0.4 is 5.32 Å².